The van der Waals surface area contributed by atoms with Crippen molar-refractivity contribution in [2.75, 3.05) is 13.1 Å². The van der Waals surface area contributed by atoms with Gasteiger partial charge in [0, 0.05) is 30.9 Å². The first-order chi connectivity index (χ1) is 9.33. The van der Waals surface area contributed by atoms with Crippen LogP contribution in [0.2, 0.25) is 0 Å². The van der Waals surface area contributed by atoms with Crippen molar-refractivity contribution >= 4 is 0 Å². The highest BCUT2D eigenvalue weighted by Crippen LogP contribution is 2.40. The molecule has 1 aliphatic heterocycles. The molecule has 0 radical (unpaired) electrons. The molecule has 2 aliphatic rings. The van der Waals surface area contributed by atoms with Crippen molar-refractivity contribution in [1.82, 2.24) is 14.7 Å². The minimum atomic E-state index is 0.369. The van der Waals surface area contributed by atoms with Crippen LogP contribution in [0.25, 0.3) is 0 Å². The summed E-state index contributed by atoms with van der Waals surface area (Å²) in [6, 6.07) is 1.14. The summed E-state index contributed by atoms with van der Waals surface area (Å²) in [6.07, 6.45) is 11.2. The third kappa shape index (κ3) is 2.43. The summed E-state index contributed by atoms with van der Waals surface area (Å²) in [7, 11) is 0. The summed E-state index contributed by atoms with van der Waals surface area (Å²) in [6.45, 7) is 4.98. The molecule has 4 nitrogen and oxygen atoms in total. The van der Waals surface area contributed by atoms with Gasteiger partial charge in [0.1, 0.15) is 0 Å². The summed E-state index contributed by atoms with van der Waals surface area (Å²) in [5.41, 5.74) is 7.38. The third-order valence-corrected chi connectivity index (χ3v) is 5.04. The van der Waals surface area contributed by atoms with E-state index in [9.17, 15) is 0 Å². The monoisotopic (exact) mass is 262 g/mol. The van der Waals surface area contributed by atoms with E-state index >= 15 is 0 Å². The van der Waals surface area contributed by atoms with Crippen LogP contribution in [0.5, 0.6) is 0 Å². The Labute approximate surface area is 116 Å². The predicted octanol–water partition coefficient (Wildman–Crippen LogP) is 2.17. The van der Waals surface area contributed by atoms with Gasteiger partial charge in [-0.05, 0) is 38.6 Å². The largest absolute Gasteiger partial charge is 0.329 e. The van der Waals surface area contributed by atoms with Crippen molar-refractivity contribution in [3.8, 4) is 0 Å². The van der Waals surface area contributed by atoms with Crippen LogP contribution < -0.4 is 5.73 Å². The number of aryl methyl sites for hydroxylation is 1. The molecule has 2 fully saturated rings. The number of fused-ring (bicyclic) bond motifs is 1. The van der Waals surface area contributed by atoms with E-state index < -0.39 is 0 Å². The average Bonchev–Trinajstić information content (AvgIpc) is 3.07. The van der Waals surface area contributed by atoms with Crippen LogP contribution in [0.3, 0.4) is 0 Å². The Balaban J connectivity index is 1.78. The quantitative estimate of drug-likeness (QED) is 0.904. The fourth-order valence-electron chi connectivity index (χ4n) is 4.02. The number of hydrogen-bond donors (Lipinski definition) is 1. The topological polar surface area (TPSA) is 47.1 Å². The van der Waals surface area contributed by atoms with Gasteiger partial charge in [-0.25, -0.2) is 0 Å². The standard InChI is InChI=1S/C15H26N4/c1-2-18-11-13(10-17-18)15(9-16)19-8-7-12-5-3-4-6-14(12)19/h10-12,14-15H,2-9,16H2,1H3. The van der Waals surface area contributed by atoms with E-state index in [0.29, 0.717) is 12.6 Å². The van der Waals surface area contributed by atoms with Crippen LogP contribution in [0.4, 0.5) is 0 Å². The lowest BCUT2D eigenvalue weighted by Gasteiger charge is -2.36. The molecule has 1 aromatic heterocycles. The molecule has 3 atom stereocenters. The summed E-state index contributed by atoms with van der Waals surface area (Å²) >= 11 is 0. The minimum Gasteiger partial charge on any atom is -0.329 e. The molecule has 106 valence electrons. The molecule has 2 heterocycles. The smallest absolute Gasteiger partial charge is 0.0538 e. The maximum Gasteiger partial charge on any atom is 0.0538 e. The van der Waals surface area contributed by atoms with E-state index in [1.165, 1.54) is 44.2 Å². The molecule has 0 amide bonds. The molecule has 1 saturated heterocycles. The Morgan fingerprint density at radius 1 is 1.37 bits per heavy atom. The highest BCUT2D eigenvalue weighted by Gasteiger charge is 2.39. The van der Waals surface area contributed by atoms with Crippen molar-refractivity contribution in [3.05, 3.63) is 18.0 Å². The lowest BCUT2D eigenvalue weighted by atomic mass is 9.85. The molecule has 1 saturated carbocycles. The number of aromatic nitrogens is 2. The molecule has 1 aliphatic carbocycles. The van der Waals surface area contributed by atoms with Gasteiger partial charge in [0.15, 0.2) is 0 Å². The lowest BCUT2D eigenvalue weighted by Crippen LogP contribution is -2.40. The molecule has 1 aromatic rings. The van der Waals surface area contributed by atoms with E-state index in [1.54, 1.807) is 0 Å². The number of nitrogens with zero attached hydrogens (tertiary/aromatic N) is 3. The van der Waals surface area contributed by atoms with Crippen molar-refractivity contribution in [2.45, 2.75) is 57.7 Å². The van der Waals surface area contributed by atoms with Crippen LogP contribution in [-0.4, -0.2) is 33.8 Å². The minimum absolute atomic E-state index is 0.369. The van der Waals surface area contributed by atoms with Crippen LogP contribution in [0.1, 0.15) is 50.6 Å². The second kappa shape index (κ2) is 5.63. The molecule has 0 aromatic carbocycles. The highest BCUT2D eigenvalue weighted by atomic mass is 15.3. The van der Waals surface area contributed by atoms with Crippen molar-refractivity contribution in [2.24, 2.45) is 11.7 Å². The summed E-state index contributed by atoms with van der Waals surface area (Å²) < 4.78 is 2.01. The molecule has 0 spiro atoms. The Bertz CT molecular complexity index is 414. The van der Waals surface area contributed by atoms with Gasteiger partial charge in [-0.2, -0.15) is 5.10 Å². The number of likely N-dealkylation sites (tertiary alicyclic amines) is 1. The first kappa shape index (κ1) is 13.1. The van der Waals surface area contributed by atoms with Crippen molar-refractivity contribution in [1.29, 1.82) is 0 Å². The molecule has 2 N–H and O–H groups in total. The van der Waals surface area contributed by atoms with Crippen LogP contribution >= 0.6 is 0 Å². The number of nitrogens with two attached hydrogens (primary N) is 1. The summed E-state index contributed by atoms with van der Waals surface area (Å²) in [5, 5.41) is 4.41. The zero-order valence-electron chi connectivity index (χ0n) is 12.0. The molecule has 3 rings (SSSR count). The van der Waals surface area contributed by atoms with Gasteiger partial charge >= 0.3 is 0 Å². The average molecular weight is 262 g/mol. The van der Waals surface area contributed by atoms with Gasteiger partial charge in [0.05, 0.1) is 12.2 Å². The lowest BCUT2D eigenvalue weighted by molar-refractivity contribution is 0.135. The first-order valence-electron chi connectivity index (χ1n) is 7.81. The number of rotatable bonds is 4. The van der Waals surface area contributed by atoms with E-state index in [0.717, 1.165) is 18.5 Å². The van der Waals surface area contributed by atoms with Gasteiger partial charge in [0.25, 0.3) is 0 Å². The van der Waals surface area contributed by atoms with Gasteiger partial charge in [-0.1, -0.05) is 12.8 Å². The molecule has 4 heteroatoms. The molecular formula is C15H26N4. The second-order valence-corrected chi connectivity index (χ2v) is 6.02. The molecular weight excluding hydrogens is 236 g/mol. The summed E-state index contributed by atoms with van der Waals surface area (Å²) in [4.78, 5) is 2.67. The highest BCUT2D eigenvalue weighted by molar-refractivity contribution is 5.13. The van der Waals surface area contributed by atoms with Gasteiger partial charge in [-0.3, -0.25) is 9.58 Å². The van der Waals surface area contributed by atoms with E-state index in [-0.39, 0.29) is 0 Å². The van der Waals surface area contributed by atoms with Crippen LogP contribution in [0, 0.1) is 5.92 Å². The van der Waals surface area contributed by atoms with Gasteiger partial charge in [-0.15, -0.1) is 0 Å². The van der Waals surface area contributed by atoms with Gasteiger partial charge < -0.3 is 5.73 Å². The molecule has 19 heavy (non-hydrogen) atoms. The van der Waals surface area contributed by atoms with E-state index in [1.807, 2.05) is 10.9 Å². The zero-order chi connectivity index (χ0) is 13.2. The van der Waals surface area contributed by atoms with Crippen molar-refractivity contribution in [3.63, 3.8) is 0 Å². The predicted molar refractivity (Wildman–Crippen MR) is 76.8 cm³/mol. The van der Waals surface area contributed by atoms with E-state index in [4.69, 9.17) is 5.73 Å². The van der Waals surface area contributed by atoms with Crippen molar-refractivity contribution < 1.29 is 0 Å². The van der Waals surface area contributed by atoms with E-state index in [2.05, 4.69) is 23.1 Å². The zero-order valence-corrected chi connectivity index (χ0v) is 12.0. The summed E-state index contributed by atoms with van der Waals surface area (Å²) in [5.74, 6) is 0.920. The van der Waals surface area contributed by atoms with Crippen LogP contribution in [0.15, 0.2) is 12.4 Å². The Hall–Kier alpha value is -0.870. The maximum absolute atomic E-state index is 6.08. The Morgan fingerprint density at radius 3 is 2.95 bits per heavy atom. The third-order valence-electron chi connectivity index (χ3n) is 5.04. The SMILES string of the molecule is CCn1cc(C(CN)N2CCC3CCCCC32)cn1. The van der Waals surface area contributed by atoms with Gasteiger partial charge in [0.2, 0.25) is 0 Å². The fourth-order valence-corrected chi connectivity index (χ4v) is 4.02. The fraction of sp³-hybridized carbons (Fsp3) is 0.800. The van der Waals surface area contributed by atoms with Crippen LogP contribution in [-0.2, 0) is 6.54 Å². The molecule has 0 bridgehead atoms. The Morgan fingerprint density at radius 2 is 2.21 bits per heavy atom. The Kier molecular flexibility index (Phi) is 3.89. The second-order valence-electron chi connectivity index (χ2n) is 6.02. The maximum atomic E-state index is 6.08. The first-order valence-corrected chi connectivity index (χ1v) is 7.81. The number of hydrogen-bond acceptors (Lipinski definition) is 3. The molecule has 3 unspecified atom stereocenters. The normalized spacial score (nSPS) is 29.4.